The van der Waals surface area contributed by atoms with Crippen LogP contribution in [-0.2, 0) is 11.0 Å². The lowest BCUT2D eigenvalue weighted by atomic mass is 10.2. The van der Waals surface area contributed by atoms with Gasteiger partial charge in [-0.15, -0.1) is 5.10 Å². The Labute approximate surface area is 129 Å². The molecular weight excluding hydrogens is 313 g/mol. The number of hydrogen-bond acceptors (Lipinski definition) is 4. The number of Topliss-reactive ketones (excluding diaryl/α,β-unsaturated/α-hetero) is 1. The molecule has 0 saturated heterocycles. The number of carbonyl (C=O) groups excluding carboxylic acids is 2. The fourth-order valence-electron chi connectivity index (χ4n) is 1.89. The molecule has 23 heavy (non-hydrogen) atoms. The normalized spacial score (nSPS) is 11.3. The highest BCUT2D eigenvalue weighted by atomic mass is 19.4. The standard InChI is InChI=1S/C14H13F3N4O2/c1-8(22)7-18-13(23)12-9(2)21(20-19-12)11-5-3-4-10(6-11)14(15,16)17/h3-6H,7H2,1-2H3,(H,18,23). The molecule has 0 saturated carbocycles. The van der Waals surface area contributed by atoms with Crippen molar-refractivity contribution in [3.8, 4) is 5.69 Å². The van der Waals surface area contributed by atoms with Gasteiger partial charge in [-0.25, -0.2) is 4.68 Å². The van der Waals surface area contributed by atoms with E-state index in [9.17, 15) is 22.8 Å². The molecule has 0 aliphatic heterocycles. The van der Waals surface area contributed by atoms with Crippen LogP contribution in [0.3, 0.4) is 0 Å². The van der Waals surface area contributed by atoms with Crippen LogP contribution < -0.4 is 5.32 Å². The minimum Gasteiger partial charge on any atom is -0.344 e. The van der Waals surface area contributed by atoms with Gasteiger partial charge in [0.25, 0.3) is 5.91 Å². The third kappa shape index (κ3) is 3.74. The molecule has 122 valence electrons. The Morgan fingerprint density at radius 1 is 1.30 bits per heavy atom. The van der Waals surface area contributed by atoms with E-state index in [1.165, 1.54) is 26.0 Å². The molecule has 0 atom stereocenters. The molecule has 1 heterocycles. The molecule has 2 rings (SSSR count). The van der Waals surface area contributed by atoms with Crippen LogP contribution in [-0.4, -0.2) is 33.2 Å². The predicted molar refractivity (Wildman–Crippen MR) is 74.1 cm³/mol. The van der Waals surface area contributed by atoms with E-state index in [1.807, 2.05) is 0 Å². The van der Waals surface area contributed by atoms with Crippen LogP contribution in [0.1, 0.15) is 28.7 Å². The van der Waals surface area contributed by atoms with Gasteiger partial charge >= 0.3 is 6.18 Å². The zero-order chi connectivity index (χ0) is 17.2. The first kappa shape index (κ1) is 16.7. The fourth-order valence-corrected chi connectivity index (χ4v) is 1.89. The third-order valence-corrected chi connectivity index (χ3v) is 3.03. The third-order valence-electron chi connectivity index (χ3n) is 3.03. The summed E-state index contributed by atoms with van der Waals surface area (Å²) in [7, 11) is 0. The lowest BCUT2D eigenvalue weighted by Gasteiger charge is -2.09. The van der Waals surface area contributed by atoms with E-state index in [2.05, 4.69) is 15.6 Å². The highest BCUT2D eigenvalue weighted by Gasteiger charge is 2.30. The lowest BCUT2D eigenvalue weighted by Crippen LogP contribution is -2.29. The summed E-state index contributed by atoms with van der Waals surface area (Å²) in [6.45, 7) is 2.66. The van der Waals surface area contributed by atoms with Crippen LogP contribution in [0, 0.1) is 6.92 Å². The SMILES string of the molecule is CC(=O)CNC(=O)c1nnn(-c2cccc(C(F)(F)F)c2)c1C. The van der Waals surface area contributed by atoms with Gasteiger partial charge in [-0.3, -0.25) is 9.59 Å². The number of nitrogens with one attached hydrogen (secondary N) is 1. The van der Waals surface area contributed by atoms with E-state index in [4.69, 9.17) is 0 Å². The smallest absolute Gasteiger partial charge is 0.344 e. The maximum atomic E-state index is 12.8. The van der Waals surface area contributed by atoms with Crippen LogP contribution in [0.25, 0.3) is 5.69 Å². The van der Waals surface area contributed by atoms with E-state index in [-0.39, 0.29) is 29.4 Å². The zero-order valence-electron chi connectivity index (χ0n) is 12.3. The molecule has 1 aromatic heterocycles. The summed E-state index contributed by atoms with van der Waals surface area (Å²) < 4.78 is 39.4. The van der Waals surface area contributed by atoms with Gasteiger partial charge in [0, 0.05) is 0 Å². The average molecular weight is 326 g/mol. The van der Waals surface area contributed by atoms with Crippen LogP contribution >= 0.6 is 0 Å². The summed E-state index contributed by atoms with van der Waals surface area (Å²) in [6, 6.07) is 4.53. The van der Waals surface area contributed by atoms with E-state index in [0.717, 1.165) is 16.8 Å². The molecule has 0 unspecified atom stereocenters. The van der Waals surface area contributed by atoms with E-state index < -0.39 is 17.6 Å². The maximum absolute atomic E-state index is 12.8. The van der Waals surface area contributed by atoms with Crippen molar-refractivity contribution < 1.29 is 22.8 Å². The minimum absolute atomic E-state index is 0.0522. The second-order valence-electron chi connectivity index (χ2n) is 4.87. The first-order valence-electron chi connectivity index (χ1n) is 6.57. The second-order valence-corrected chi connectivity index (χ2v) is 4.87. The van der Waals surface area contributed by atoms with E-state index in [0.29, 0.717) is 0 Å². The van der Waals surface area contributed by atoms with Crippen LogP contribution in [0.2, 0.25) is 0 Å². The van der Waals surface area contributed by atoms with Crippen molar-refractivity contribution in [1.82, 2.24) is 20.3 Å². The molecule has 0 radical (unpaired) electrons. The van der Waals surface area contributed by atoms with Crippen molar-refractivity contribution in [2.24, 2.45) is 0 Å². The van der Waals surface area contributed by atoms with Crippen molar-refractivity contribution in [2.45, 2.75) is 20.0 Å². The van der Waals surface area contributed by atoms with Gasteiger partial charge in [-0.1, -0.05) is 11.3 Å². The number of alkyl halides is 3. The van der Waals surface area contributed by atoms with Crippen molar-refractivity contribution >= 4 is 11.7 Å². The van der Waals surface area contributed by atoms with Crippen LogP contribution in [0.15, 0.2) is 24.3 Å². The molecule has 0 aliphatic rings. The first-order valence-corrected chi connectivity index (χ1v) is 6.57. The quantitative estimate of drug-likeness (QED) is 0.931. The summed E-state index contributed by atoms with van der Waals surface area (Å²) in [5, 5.41) is 9.74. The topological polar surface area (TPSA) is 76.9 Å². The molecule has 1 N–H and O–H groups in total. The molecular formula is C14H13F3N4O2. The molecule has 2 aromatic rings. The Balaban J connectivity index is 2.32. The highest BCUT2D eigenvalue weighted by Crippen LogP contribution is 2.30. The van der Waals surface area contributed by atoms with Crippen molar-refractivity contribution in [3.63, 3.8) is 0 Å². The lowest BCUT2D eigenvalue weighted by molar-refractivity contribution is -0.137. The monoisotopic (exact) mass is 326 g/mol. The zero-order valence-corrected chi connectivity index (χ0v) is 12.3. The summed E-state index contributed by atoms with van der Waals surface area (Å²) in [5.41, 5.74) is -0.475. The van der Waals surface area contributed by atoms with E-state index in [1.54, 1.807) is 0 Å². The predicted octanol–water partition coefficient (Wildman–Crippen LogP) is 1.91. The van der Waals surface area contributed by atoms with Crippen molar-refractivity contribution in [1.29, 1.82) is 0 Å². The molecule has 0 bridgehead atoms. The largest absolute Gasteiger partial charge is 0.416 e. The Kier molecular flexibility index (Phi) is 4.48. The van der Waals surface area contributed by atoms with Gasteiger partial charge < -0.3 is 5.32 Å². The number of hydrogen-bond donors (Lipinski definition) is 1. The molecule has 0 fully saturated rings. The first-order chi connectivity index (χ1) is 10.7. The molecule has 9 heteroatoms. The van der Waals surface area contributed by atoms with Gasteiger partial charge in [-0.05, 0) is 32.0 Å². The average Bonchev–Trinajstić information content (AvgIpc) is 2.86. The Bertz CT molecular complexity index is 753. The number of halogens is 3. The summed E-state index contributed by atoms with van der Waals surface area (Å²) in [6.07, 6.45) is -4.48. The second kappa shape index (κ2) is 6.19. The summed E-state index contributed by atoms with van der Waals surface area (Å²) in [5.74, 6) is -0.850. The van der Waals surface area contributed by atoms with E-state index >= 15 is 0 Å². The minimum atomic E-state index is -4.48. The number of benzene rings is 1. The summed E-state index contributed by atoms with van der Waals surface area (Å²) >= 11 is 0. The van der Waals surface area contributed by atoms with Crippen LogP contribution in [0.4, 0.5) is 13.2 Å². The Hall–Kier alpha value is -2.71. The van der Waals surface area contributed by atoms with Gasteiger partial charge in [-0.2, -0.15) is 13.2 Å². The van der Waals surface area contributed by atoms with Crippen molar-refractivity contribution in [3.05, 3.63) is 41.2 Å². The van der Waals surface area contributed by atoms with Gasteiger partial charge in [0.1, 0.15) is 5.78 Å². The van der Waals surface area contributed by atoms with Gasteiger partial charge in [0.05, 0.1) is 23.5 Å². The number of aromatic nitrogens is 3. The molecule has 1 amide bonds. The molecule has 0 spiro atoms. The van der Waals surface area contributed by atoms with Gasteiger partial charge in [0.2, 0.25) is 0 Å². The summed E-state index contributed by atoms with van der Waals surface area (Å²) in [4.78, 5) is 22.7. The maximum Gasteiger partial charge on any atom is 0.416 e. The Morgan fingerprint density at radius 3 is 2.61 bits per heavy atom. The van der Waals surface area contributed by atoms with Crippen molar-refractivity contribution in [2.75, 3.05) is 6.54 Å². The molecule has 1 aromatic carbocycles. The molecule has 0 aliphatic carbocycles. The number of nitrogens with zero attached hydrogens (tertiary/aromatic N) is 3. The highest BCUT2D eigenvalue weighted by molar-refractivity contribution is 5.95. The number of ketones is 1. The molecule has 6 nitrogen and oxygen atoms in total. The number of carbonyl (C=O) groups is 2. The van der Waals surface area contributed by atoms with Crippen LogP contribution in [0.5, 0.6) is 0 Å². The van der Waals surface area contributed by atoms with Gasteiger partial charge in [0.15, 0.2) is 5.69 Å². The number of amides is 1. The Morgan fingerprint density at radius 2 is 2.00 bits per heavy atom. The number of rotatable bonds is 4. The fraction of sp³-hybridized carbons (Fsp3) is 0.286.